The maximum atomic E-state index is 13.0. The maximum Gasteiger partial charge on any atom is 0.416 e. The van der Waals surface area contributed by atoms with E-state index in [-0.39, 0.29) is 22.5 Å². The molecule has 1 aliphatic heterocycles. The number of hydrogen-bond donors (Lipinski definition) is 0. The van der Waals surface area contributed by atoms with Crippen molar-refractivity contribution in [3.8, 4) is 0 Å². The van der Waals surface area contributed by atoms with Crippen LogP contribution in [0.25, 0.3) is 0 Å². The van der Waals surface area contributed by atoms with Crippen molar-refractivity contribution in [1.82, 2.24) is 0 Å². The Kier molecular flexibility index (Phi) is 3.33. The lowest BCUT2D eigenvalue weighted by atomic mass is 9.63. The molecule has 0 spiro atoms. The molecule has 0 unspecified atom stereocenters. The smallest absolute Gasteiger partial charge is 0.274 e. The van der Waals surface area contributed by atoms with Gasteiger partial charge in [0.05, 0.1) is 28.1 Å². The first-order valence-corrected chi connectivity index (χ1v) is 8.09. The second-order valence-electron chi connectivity index (χ2n) is 6.52. The van der Waals surface area contributed by atoms with Gasteiger partial charge in [0.15, 0.2) is 0 Å². The van der Waals surface area contributed by atoms with E-state index in [1.54, 1.807) is 0 Å². The van der Waals surface area contributed by atoms with Crippen molar-refractivity contribution in [2.45, 2.75) is 19.0 Å². The van der Waals surface area contributed by atoms with Gasteiger partial charge in [-0.15, -0.1) is 0 Å². The van der Waals surface area contributed by atoms with Crippen LogP contribution in [0.4, 0.5) is 18.9 Å². The van der Waals surface area contributed by atoms with Crippen molar-refractivity contribution in [3.63, 3.8) is 0 Å². The summed E-state index contributed by atoms with van der Waals surface area (Å²) in [5, 5.41) is -0.0383. The van der Waals surface area contributed by atoms with Gasteiger partial charge in [-0.1, -0.05) is 23.8 Å². The predicted octanol–water partition coefficient (Wildman–Crippen LogP) is 4.06. The molecule has 2 bridgehead atoms. The first-order chi connectivity index (χ1) is 11.3. The lowest BCUT2D eigenvalue weighted by Crippen LogP contribution is -2.38. The van der Waals surface area contributed by atoms with Crippen LogP contribution in [0, 0.1) is 23.7 Å². The number of imide groups is 1. The zero-order chi connectivity index (χ0) is 17.2. The minimum absolute atomic E-state index is 0.0222. The number of halogens is 4. The molecule has 1 aromatic rings. The summed E-state index contributed by atoms with van der Waals surface area (Å²) >= 11 is 6.01. The molecule has 126 valence electrons. The van der Waals surface area contributed by atoms with Crippen molar-refractivity contribution in [3.05, 3.63) is 40.9 Å². The van der Waals surface area contributed by atoms with Crippen LogP contribution in [0.1, 0.15) is 18.4 Å². The van der Waals surface area contributed by atoms with Crippen LogP contribution in [-0.2, 0) is 15.8 Å². The third kappa shape index (κ3) is 2.12. The van der Waals surface area contributed by atoms with E-state index in [4.69, 9.17) is 11.6 Å². The Hall–Kier alpha value is -1.82. The van der Waals surface area contributed by atoms with E-state index in [1.165, 1.54) is 0 Å². The van der Waals surface area contributed by atoms with Gasteiger partial charge in [0, 0.05) is 0 Å². The van der Waals surface area contributed by atoms with Crippen molar-refractivity contribution in [2.24, 2.45) is 23.7 Å². The fourth-order valence-corrected chi connectivity index (χ4v) is 4.37. The average Bonchev–Trinajstić information content (AvgIpc) is 2.82. The molecule has 3 nitrogen and oxygen atoms in total. The Morgan fingerprint density at radius 2 is 1.54 bits per heavy atom. The number of carbonyl (C=O) groups excluding carboxylic acids is 2. The number of amides is 2. The lowest BCUT2D eigenvalue weighted by molar-refractivity contribution is -0.137. The van der Waals surface area contributed by atoms with E-state index in [0.29, 0.717) is 0 Å². The molecule has 7 heteroatoms. The van der Waals surface area contributed by atoms with Gasteiger partial charge in [-0.3, -0.25) is 9.59 Å². The largest absolute Gasteiger partial charge is 0.416 e. The number of anilines is 1. The van der Waals surface area contributed by atoms with Crippen LogP contribution in [0.15, 0.2) is 30.4 Å². The zero-order valence-corrected chi connectivity index (χ0v) is 13.1. The number of carbonyl (C=O) groups is 2. The van der Waals surface area contributed by atoms with E-state index >= 15 is 0 Å². The topological polar surface area (TPSA) is 37.4 Å². The summed E-state index contributed by atoms with van der Waals surface area (Å²) < 4.78 is 38.9. The third-order valence-corrected chi connectivity index (χ3v) is 5.59. The van der Waals surface area contributed by atoms with E-state index in [0.717, 1.165) is 35.9 Å². The van der Waals surface area contributed by atoms with E-state index in [1.807, 2.05) is 12.2 Å². The van der Waals surface area contributed by atoms with Crippen molar-refractivity contribution in [1.29, 1.82) is 0 Å². The summed E-state index contributed by atoms with van der Waals surface area (Å²) in [6.45, 7) is 0. The fourth-order valence-electron chi connectivity index (χ4n) is 4.17. The van der Waals surface area contributed by atoms with Gasteiger partial charge in [-0.2, -0.15) is 13.2 Å². The molecule has 0 radical (unpaired) electrons. The Morgan fingerprint density at radius 3 is 2.00 bits per heavy atom. The molecule has 5 rings (SSSR count). The molecule has 1 saturated heterocycles. The minimum atomic E-state index is -4.57. The molecule has 24 heavy (non-hydrogen) atoms. The van der Waals surface area contributed by atoms with Gasteiger partial charge in [-0.25, -0.2) is 4.90 Å². The SMILES string of the molecule is O=C1[C@H]2[C@H](C(=O)N1c1cc(C(F)(F)F)ccc1Cl)[C@@H]1C=C[C@@H]2CC1. The van der Waals surface area contributed by atoms with Crippen molar-refractivity contribution < 1.29 is 22.8 Å². The standard InChI is InChI=1S/C17H13ClF3NO2/c18-11-6-5-10(17(19,20)21)7-12(11)22-15(23)13-8-1-2-9(4-3-8)14(13)16(22)24/h1-2,5-9,13-14H,3-4H2/t8-,9-,13-,14-/m1/s1. The number of nitrogens with zero attached hydrogens (tertiary/aromatic N) is 1. The summed E-state index contributed by atoms with van der Waals surface area (Å²) in [6, 6.07) is 2.70. The molecule has 0 N–H and O–H groups in total. The molecule has 2 amide bonds. The van der Waals surface area contributed by atoms with Crippen LogP contribution in [0.5, 0.6) is 0 Å². The number of hydrogen-bond acceptors (Lipinski definition) is 2. The maximum absolute atomic E-state index is 13.0. The number of allylic oxidation sites excluding steroid dienone is 2. The monoisotopic (exact) mass is 355 g/mol. The third-order valence-electron chi connectivity index (χ3n) is 5.27. The highest BCUT2D eigenvalue weighted by Gasteiger charge is 2.57. The Bertz CT molecular complexity index is 742. The lowest BCUT2D eigenvalue weighted by Gasteiger charge is -2.38. The highest BCUT2D eigenvalue weighted by Crippen LogP contribution is 2.51. The van der Waals surface area contributed by atoms with Gasteiger partial charge in [0.2, 0.25) is 11.8 Å². The number of rotatable bonds is 1. The molecule has 0 aromatic heterocycles. The second kappa shape index (κ2) is 5.09. The molecular formula is C17H13ClF3NO2. The average molecular weight is 356 g/mol. The molecular weight excluding hydrogens is 343 g/mol. The second-order valence-corrected chi connectivity index (χ2v) is 6.92. The van der Waals surface area contributed by atoms with Crippen LogP contribution in [0.3, 0.4) is 0 Å². The van der Waals surface area contributed by atoms with Crippen LogP contribution in [-0.4, -0.2) is 11.8 Å². The summed E-state index contributed by atoms with van der Waals surface area (Å²) in [5.74, 6) is -1.88. The Balaban J connectivity index is 1.78. The minimum Gasteiger partial charge on any atom is -0.274 e. The van der Waals surface area contributed by atoms with E-state index in [9.17, 15) is 22.8 Å². The van der Waals surface area contributed by atoms with Crippen LogP contribution >= 0.6 is 11.6 Å². The van der Waals surface area contributed by atoms with Gasteiger partial charge < -0.3 is 0 Å². The molecule has 4 atom stereocenters. The van der Waals surface area contributed by atoms with Gasteiger partial charge in [0.1, 0.15) is 0 Å². The quantitative estimate of drug-likeness (QED) is 0.562. The molecule has 3 aliphatic carbocycles. The summed E-state index contributed by atoms with van der Waals surface area (Å²) in [6.07, 6.45) is 0.991. The molecule has 1 aromatic carbocycles. The highest BCUT2D eigenvalue weighted by atomic mass is 35.5. The predicted molar refractivity (Wildman–Crippen MR) is 81.3 cm³/mol. The Labute approximate surface area is 141 Å². The first-order valence-electron chi connectivity index (χ1n) is 7.72. The Morgan fingerprint density at radius 1 is 1.00 bits per heavy atom. The van der Waals surface area contributed by atoms with Gasteiger partial charge >= 0.3 is 6.18 Å². The van der Waals surface area contributed by atoms with E-state index < -0.39 is 35.4 Å². The van der Waals surface area contributed by atoms with Crippen molar-refractivity contribution in [2.75, 3.05) is 4.90 Å². The number of fused-ring (bicyclic) bond motifs is 1. The number of alkyl halides is 3. The summed E-state index contributed by atoms with van der Waals surface area (Å²) in [5.41, 5.74) is -1.10. The summed E-state index contributed by atoms with van der Waals surface area (Å²) in [7, 11) is 0. The molecule has 1 saturated carbocycles. The summed E-state index contributed by atoms with van der Waals surface area (Å²) in [4.78, 5) is 26.4. The zero-order valence-electron chi connectivity index (χ0n) is 12.4. The van der Waals surface area contributed by atoms with Crippen LogP contribution < -0.4 is 4.90 Å². The van der Waals surface area contributed by atoms with E-state index in [2.05, 4.69) is 0 Å². The molecule has 4 aliphatic rings. The molecule has 1 heterocycles. The van der Waals surface area contributed by atoms with Gasteiger partial charge in [0.25, 0.3) is 0 Å². The fraction of sp³-hybridized carbons (Fsp3) is 0.412. The normalized spacial score (nSPS) is 31.8. The highest BCUT2D eigenvalue weighted by molar-refractivity contribution is 6.36. The van der Waals surface area contributed by atoms with Crippen LogP contribution in [0.2, 0.25) is 5.02 Å². The molecule has 2 fully saturated rings. The van der Waals surface area contributed by atoms with Gasteiger partial charge in [-0.05, 0) is 42.9 Å². The number of benzene rings is 1. The van der Waals surface area contributed by atoms with Crippen molar-refractivity contribution >= 4 is 29.1 Å². The first kappa shape index (κ1) is 15.7.